The molecular weight excluding hydrogens is 474 g/mol. The van der Waals surface area contributed by atoms with E-state index in [1.54, 1.807) is 23.0 Å². The summed E-state index contributed by atoms with van der Waals surface area (Å²) in [6.07, 6.45) is 3.40. The van der Waals surface area contributed by atoms with Crippen LogP contribution in [0.4, 0.5) is 0 Å². The molecule has 5 aromatic rings. The Bertz CT molecular complexity index is 1450. The van der Waals surface area contributed by atoms with Gasteiger partial charge in [0.05, 0.1) is 12.3 Å². The number of fused-ring (bicyclic) bond motifs is 1. The van der Waals surface area contributed by atoms with Crippen LogP contribution in [0.3, 0.4) is 0 Å². The topological polar surface area (TPSA) is 87.5 Å². The summed E-state index contributed by atoms with van der Waals surface area (Å²) in [7, 11) is 0. The molecule has 8 nitrogen and oxygen atoms in total. The van der Waals surface area contributed by atoms with Gasteiger partial charge in [-0.3, -0.25) is 4.79 Å². The molecule has 0 bridgehead atoms. The van der Waals surface area contributed by atoms with Gasteiger partial charge < -0.3 is 13.8 Å². The van der Waals surface area contributed by atoms with E-state index in [0.29, 0.717) is 29.5 Å². The number of hydrogen-bond donors (Lipinski definition) is 0. The smallest absolute Gasteiger partial charge is 0.277 e. The third kappa shape index (κ3) is 3.94. The molecule has 0 saturated carbocycles. The second kappa shape index (κ2) is 8.43. The van der Waals surface area contributed by atoms with Gasteiger partial charge in [0.1, 0.15) is 17.8 Å². The van der Waals surface area contributed by atoms with Crippen LogP contribution in [0, 0.1) is 0 Å². The fourth-order valence-electron chi connectivity index (χ4n) is 3.39. The van der Waals surface area contributed by atoms with E-state index >= 15 is 0 Å². The van der Waals surface area contributed by atoms with Crippen molar-refractivity contribution in [2.24, 2.45) is 0 Å². The van der Waals surface area contributed by atoms with Crippen LogP contribution in [0.2, 0.25) is 0 Å². The maximum absolute atomic E-state index is 13.0. The number of nitrogens with zero attached hydrogens (tertiary/aromatic N) is 5. The first kappa shape index (κ1) is 20.2. The lowest BCUT2D eigenvalue weighted by molar-refractivity contribution is 0.340. The predicted molar refractivity (Wildman–Crippen MR) is 123 cm³/mol. The van der Waals surface area contributed by atoms with E-state index in [4.69, 9.17) is 9.26 Å². The minimum Gasteiger partial charge on any atom is -0.494 e. The van der Waals surface area contributed by atoms with Gasteiger partial charge in [0.25, 0.3) is 5.56 Å². The summed E-state index contributed by atoms with van der Waals surface area (Å²) in [5.41, 5.74) is 2.70. The van der Waals surface area contributed by atoms with E-state index in [0.717, 1.165) is 21.3 Å². The van der Waals surface area contributed by atoms with Gasteiger partial charge in [-0.1, -0.05) is 33.2 Å². The Kier molecular flexibility index (Phi) is 5.32. The summed E-state index contributed by atoms with van der Waals surface area (Å²) < 4.78 is 14.9. The van der Waals surface area contributed by atoms with Crippen molar-refractivity contribution in [3.05, 3.63) is 87.7 Å². The maximum atomic E-state index is 13.0. The molecule has 0 saturated heterocycles. The van der Waals surface area contributed by atoms with Crippen LogP contribution < -0.4 is 10.3 Å². The number of halogens is 1. The normalized spacial score (nSPS) is 11.2. The maximum Gasteiger partial charge on any atom is 0.277 e. The molecule has 5 rings (SSSR count). The molecule has 0 spiro atoms. The van der Waals surface area contributed by atoms with Crippen LogP contribution in [0.1, 0.15) is 12.8 Å². The molecule has 0 unspecified atom stereocenters. The number of hydrogen-bond acceptors (Lipinski definition) is 6. The Morgan fingerprint density at radius 3 is 2.69 bits per heavy atom. The second-order valence-electron chi connectivity index (χ2n) is 7.07. The van der Waals surface area contributed by atoms with Crippen LogP contribution in [-0.2, 0) is 6.54 Å². The number of ether oxygens (including phenoxy) is 1. The van der Waals surface area contributed by atoms with E-state index in [1.165, 1.54) is 4.57 Å². The van der Waals surface area contributed by atoms with Crippen LogP contribution in [0.15, 0.2) is 80.8 Å². The summed E-state index contributed by atoms with van der Waals surface area (Å²) in [4.78, 5) is 17.4. The summed E-state index contributed by atoms with van der Waals surface area (Å²) >= 11 is 3.44. The van der Waals surface area contributed by atoms with Gasteiger partial charge >= 0.3 is 0 Å². The van der Waals surface area contributed by atoms with Gasteiger partial charge in [-0.05, 0) is 49.4 Å². The van der Waals surface area contributed by atoms with E-state index in [1.807, 2.05) is 55.5 Å². The van der Waals surface area contributed by atoms with Crippen LogP contribution in [-0.4, -0.2) is 30.9 Å². The van der Waals surface area contributed by atoms with E-state index < -0.39 is 0 Å². The molecule has 0 radical (unpaired) electrons. The zero-order chi connectivity index (χ0) is 22.1. The van der Waals surface area contributed by atoms with Crippen molar-refractivity contribution in [2.75, 3.05) is 6.61 Å². The first-order valence-corrected chi connectivity index (χ1v) is 10.8. The molecule has 0 aliphatic rings. The molecule has 0 atom stereocenters. The van der Waals surface area contributed by atoms with Gasteiger partial charge in [-0.15, -0.1) is 0 Å². The van der Waals surface area contributed by atoms with Crippen molar-refractivity contribution in [2.45, 2.75) is 13.5 Å². The van der Waals surface area contributed by atoms with E-state index in [9.17, 15) is 4.79 Å². The van der Waals surface area contributed by atoms with Crippen molar-refractivity contribution in [3.63, 3.8) is 0 Å². The van der Waals surface area contributed by atoms with Crippen molar-refractivity contribution < 1.29 is 9.26 Å². The van der Waals surface area contributed by atoms with Crippen molar-refractivity contribution in [1.29, 1.82) is 0 Å². The van der Waals surface area contributed by atoms with Crippen LogP contribution in [0.5, 0.6) is 5.75 Å². The first-order chi connectivity index (χ1) is 15.6. The average Bonchev–Trinajstić information content (AvgIpc) is 3.44. The van der Waals surface area contributed by atoms with Crippen molar-refractivity contribution in [1.82, 2.24) is 24.3 Å². The standard InChI is InChI=1S/C23H18BrN5O3/c1-2-31-18-8-6-15(7-9-18)19-13-20-23(30)28(10-11-29(20)26-19)14-21-25-22(27-32-21)16-4-3-5-17(24)12-16/h3-13H,2,14H2,1H3. The molecule has 32 heavy (non-hydrogen) atoms. The average molecular weight is 492 g/mol. The molecule has 0 aliphatic carbocycles. The molecule has 0 amide bonds. The Hall–Kier alpha value is -3.72. The van der Waals surface area contributed by atoms with Gasteiger partial charge in [-0.2, -0.15) is 10.1 Å². The Morgan fingerprint density at radius 2 is 1.91 bits per heavy atom. The third-order valence-corrected chi connectivity index (χ3v) is 5.41. The predicted octanol–water partition coefficient (Wildman–Crippen LogP) is 4.42. The molecule has 0 aliphatic heterocycles. The lowest BCUT2D eigenvalue weighted by Crippen LogP contribution is -2.21. The van der Waals surface area contributed by atoms with Gasteiger partial charge in [0.15, 0.2) is 0 Å². The van der Waals surface area contributed by atoms with Gasteiger partial charge in [-0.25, -0.2) is 4.52 Å². The monoisotopic (exact) mass is 491 g/mol. The molecule has 3 heterocycles. The molecule has 0 fully saturated rings. The first-order valence-electron chi connectivity index (χ1n) is 10.0. The van der Waals surface area contributed by atoms with E-state index in [2.05, 4.69) is 31.2 Å². The number of benzene rings is 2. The minimum absolute atomic E-state index is 0.167. The number of rotatable bonds is 6. The van der Waals surface area contributed by atoms with E-state index in [-0.39, 0.29) is 12.1 Å². The minimum atomic E-state index is -0.195. The zero-order valence-corrected chi connectivity index (χ0v) is 18.7. The summed E-state index contributed by atoms with van der Waals surface area (Å²) in [5, 5.41) is 8.56. The second-order valence-corrected chi connectivity index (χ2v) is 7.99. The highest BCUT2D eigenvalue weighted by molar-refractivity contribution is 9.10. The zero-order valence-electron chi connectivity index (χ0n) is 17.1. The fourth-order valence-corrected chi connectivity index (χ4v) is 3.79. The SMILES string of the molecule is CCOc1ccc(-c2cc3c(=O)n(Cc4nc(-c5cccc(Br)c5)no4)ccn3n2)cc1. The van der Waals surface area contributed by atoms with Crippen LogP contribution in [0.25, 0.3) is 28.2 Å². The fraction of sp³-hybridized carbons (Fsp3) is 0.130. The van der Waals surface area contributed by atoms with Gasteiger partial charge in [0.2, 0.25) is 11.7 Å². The quantitative estimate of drug-likeness (QED) is 0.349. The third-order valence-electron chi connectivity index (χ3n) is 4.92. The Morgan fingerprint density at radius 1 is 1.06 bits per heavy atom. The lowest BCUT2D eigenvalue weighted by atomic mass is 10.1. The Balaban J connectivity index is 1.42. The van der Waals surface area contributed by atoms with Crippen molar-refractivity contribution >= 4 is 21.4 Å². The highest BCUT2D eigenvalue weighted by atomic mass is 79.9. The molecule has 2 aromatic carbocycles. The lowest BCUT2D eigenvalue weighted by Gasteiger charge is -2.02. The highest BCUT2D eigenvalue weighted by Crippen LogP contribution is 2.22. The largest absolute Gasteiger partial charge is 0.494 e. The van der Waals surface area contributed by atoms with Crippen LogP contribution >= 0.6 is 15.9 Å². The molecule has 9 heteroatoms. The summed E-state index contributed by atoms with van der Waals surface area (Å²) in [5.74, 6) is 1.61. The van der Waals surface area contributed by atoms with Gasteiger partial charge in [0, 0.05) is 28.0 Å². The molecule has 0 N–H and O–H groups in total. The molecule has 160 valence electrons. The highest BCUT2D eigenvalue weighted by Gasteiger charge is 2.13. The summed E-state index contributed by atoms with van der Waals surface area (Å²) in [6.45, 7) is 2.72. The summed E-state index contributed by atoms with van der Waals surface area (Å²) in [6, 6.07) is 17.0. The number of aromatic nitrogens is 5. The van der Waals surface area contributed by atoms with Crippen molar-refractivity contribution in [3.8, 4) is 28.4 Å². The molecule has 3 aromatic heterocycles. The Labute approximate surface area is 191 Å². The molecular formula is C23H18BrN5O3.